The molecule has 4 atom stereocenters. The fourth-order valence-corrected chi connectivity index (χ4v) is 14.2. The molecule has 6 amide bonds. The normalized spacial score (nSPS) is 18.8. The molecule has 14 nitrogen and oxygen atoms in total. The Morgan fingerprint density at radius 3 is 1.08 bits per heavy atom. The third kappa shape index (κ3) is 10.5. The number of likely N-dealkylation sites (tertiary alicyclic amines) is 2. The van der Waals surface area contributed by atoms with Crippen LogP contribution < -0.4 is 10.6 Å². The van der Waals surface area contributed by atoms with E-state index in [4.69, 9.17) is 9.47 Å². The first-order valence-corrected chi connectivity index (χ1v) is 30.5. The van der Waals surface area contributed by atoms with Crippen LogP contribution >= 0.6 is 0 Å². The summed E-state index contributed by atoms with van der Waals surface area (Å²) in [5.41, 5.74) is 14.9. The zero-order valence-corrected chi connectivity index (χ0v) is 48.5. The van der Waals surface area contributed by atoms with Gasteiger partial charge in [0, 0.05) is 60.5 Å². The van der Waals surface area contributed by atoms with Gasteiger partial charge < -0.3 is 29.9 Å². The van der Waals surface area contributed by atoms with Crippen LogP contribution in [0.5, 0.6) is 0 Å². The van der Waals surface area contributed by atoms with Crippen LogP contribution in [0, 0.1) is 11.8 Å². The van der Waals surface area contributed by atoms with Crippen molar-refractivity contribution in [3.63, 3.8) is 0 Å². The van der Waals surface area contributed by atoms with Crippen LogP contribution in [0.3, 0.4) is 0 Å². The Bertz CT molecular complexity index is 3780. The standard InChI is InChI=1S/C74H64N6O8/c81-69(65-27-13-41-77(65)71(83)67-53-17-3-1-15-49(53)39-43-79(67)73(85)87-45-63-59-23-9-5-19-55(59)56-20-6-10-24-60(56)63)75-51-35-31-47(32-36-51)29-30-48-33-37-52(38-34-48)76-70(82)66-28-14-42-78(66)72(84)68-54-18-4-2-16-50(54)40-44-80(68)74(86)88-46-64-61-25-11-7-21-57(61)58-22-8-12-26-62(58)64/h1-12,15-26,31-38,63-68H,13-14,27-28,39-46H2,(H,75,81)(H,76,82)/t65-,66-,67+,68+/m0/s1. The number of benzene rings is 8. The molecule has 4 heterocycles. The number of amides is 6. The molecule has 8 aromatic rings. The number of hydrogen-bond donors (Lipinski definition) is 2. The molecule has 0 saturated carbocycles. The minimum Gasteiger partial charge on any atom is -0.448 e. The summed E-state index contributed by atoms with van der Waals surface area (Å²) >= 11 is 0. The van der Waals surface area contributed by atoms with Gasteiger partial charge in [-0.05, 0) is 154 Å². The molecular weight excluding hydrogens is 1100 g/mol. The summed E-state index contributed by atoms with van der Waals surface area (Å²) in [6, 6.07) is 59.1. The Balaban J connectivity index is 0.594. The van der Waals surface area contributed by atoms with E-state index in [1.165, 1.54) is 9.80 Å². The van der Waals surface area contributed by atoms with Gasteiger partial charge in [0.1, 0.15) is 37.4 Å². The Kier molecular flexibility index (Phi) is 15.1. The van der Waals surface area contributed by atoms with E-state index >= 15 is 0 Å². The van der Waals surface area contributed by atoms with Gasteiger partial charge in [0.25, 0.3) is 11.8 Å². The maximum absolute atomic E-state index is 14.9. The highest BCUT2D eigenvalue weighted by molar-refractivity contribution is 6.00. The van der Waals surface area contributed by atoms with E-state index in [1.54, 1.807) is 34.1 Å². The molecule has 88 heavy (non-hydrogen) atoms. The molecular formula is C74H64N6O8. The first-order chi connectivity index (χ1) is 43.1. The average molecular weight is 1170 g/mol. The predicted octanol–water partition coefficient (Wildman–Crippen LogP) is 12.0. The molecule has 6 aliphatic rings. The summed E-state index contributed by atoms with van der Waals surface area (Å²) in [6.07, 6.45) is 2.24. The molecule has 2 N–H and O–H groups in total. The Morgan fingerprint density at radius 1 is 0.386 bits per heavy atom. The highest BCUT2D eigenvalue weighted by Crippen LogP contribution is 2.47. The van der Waals surface area contributed by atoms with Crippen molar-refractivity contribution in [2.75, 3.05) is 50.0 Å². The molecule has 2 aliphatic carbocycles. The van der Waals surface area contributed by atoms with Gasteiger partial charge >= 0.3 is 12.2 Å². The van der Waals surface area contributed by atoms with Gasteiger partial charge in [-0.1, -0.05) is 157 Å². The third-order valence-electron chi connectivity index (χ3n) is 18.5. The van der Waals surface area contributed by atoms with Gasteiger partial charge in [-0.3, -0.25) is 29.0 Å². The highest BCUT2D eigenvalue weighted by atomic mass is 16.6. The number of fused-ring (bicyclic) bond motifs is 8. The molecule has 4 aliphatic heterocycles. The number of carbonyl (C=O) groups is 6. The van der Waals surface area contributed by atoms with Crippen molar-refractivity contribution >= 4 is 47.2 Å². The molecule has 2 saturated heterocycles. The molecule has 0 unspecified atom stereocenters. The van der Waals surface area contributed by atoms with E-state index in [9.17, 15) is 28.8 Å². The molecule has 14 heteroatoms. The molecule has 0 aromatic heterocycles. The van der Waals surface area contributed by atoms with Gasteiger partial charge in [-0.25, -0.2) is 9.59 Å². The van der Waals surface area contributed by atoms with Crippen LogP contribution in [0.4, 0.5) is 21.0 Å². The van der Waals surface area contributed by atoms with E-state index in [1.807, 2.05) is 121 Å². The summed E-state index contributed by atoms with van der Waals surface area (Å²) in [6.45, 7) is 1.60. The Labute approximate surface area is 511 Å². The quantitative estimate of drug-likeness (QED) is 0.128. The molecule has 0 spiro atoms. The van der Waals surface area contributed by atoms with Crippen molar-refractivity contribution in [3.05, 3.63) is 250 Å². The second-order valence-electron chi connectivity index (χ2n) is 23.5. The predicted molar refractivity (Wildman–Crippen MR) is 335 cm³/mol. The van der Waals surface area contributed by atoms with Crippen molar-refractivity contribution in [2.45, 2.75) is 74.5 Å². The van der Waals surface area contributed by atoms with E-state index in [0.29, 0.717) is 87.2 Å². The molecule has 14 rings (SSSR count). The summed E-state index contributed by atoms with van der Waals surface area (Å²) in [5.74, 6) is 4.86. The fraction of sp³-hybridized carbons (Fsp3) is 0.243. The van der Waals surface area contributed by atoms with E-state index < -0.39 is 36.4 Å². The van der Waals surface area contributed by atoms with Crippen LogP contribution in [0.1, 0.15) is 105 Å². The zero-order valence-electron chi connectivity index (χ0n) is 48.5. The number of ether oxygens (including phenoxy) is 2. The monoisotopic (exact) mass is 1160 g/mol. The minimum absolute atomic E-state index is 0.127. The maximum atomic E-state index is 14.9. The topological polar surface area (TPSA) is 158 Å². The number of anilines is 2. The maximum Gasteiger partial charge on any atom is 0.410 e. The van der Waals surface area contributed by atoms with Crippen molar-refractivity contribution in [1.82, 2.24) is 19.6 Å². The zero-order chi connectivity index (χ0) is 59.8. The molecule has 438 valence electrons. The summed E-state index contributed by atoms with van der Waals surface area (Å²) in [4.78, 5) is 92.6. The van der Waals surface area contributed by atoms with Gasteiger partial charge in [0.2, 0.25) is 11.8 Å². The SMILES string of the molecule is O=C(Nc1ccc(C#Cc2ccc(NC(=O)[C@@H]3CCCN3C(=O)[C@H]3c4ccccc4CCN3C(=O)OCC3c4ccccc4-c4ccccc43)cc2)cc1)[C@@H]1CCCN1C(=O)[C@H]1c2ccccc2CCN1C(=O)OCC1c2ccccc2-c2ccccc21. The van der Waals surface area contributed by atoms with Gasteiger partial charge in [0.15, 0.2) is 0 Å². The van der Waals surface area contributed by atoms with E-state index in [0.717, 1.165) is 66.8 Å². The van der Waals surface area contributed by atoms with Gasteiger partial charge in [0.05, 0.1) is 0 Å². The summed E-state index contributed by atoms with van der Waals surface area (Å²) in [5, 5.41) is 6.05. The second kappa shape index (κ2) is 23.9. The van der Waals surface area contributed by atoms with E-state index in [2.05, 4.69) is 71.0 Å². The van der Waals surface area contributed by atoms with Crippen LogP contribution in [-0.2, 0) is 41.5 Å². The number of nitrogens with zero attached hydrogens (tertiary/aromatic N) is 4. The second-order valence-corrected chi connectivity index (χ2v) is 23.5. The largest absolute Gasteiger partial charge is 0.448 e. The lowest BCUT2D eigenvalue weighted by atomic mass is 9.91. The van der Waals surface area contributed by atoms with Crippen LogP contribution in [0.2, 0.25) is 0 Å². The Hall–Kier alpha value is -10.3. The van der Waals surface area contributed by atoms with Crippen LogP contribution in [-0.4, -0.2) is 107 Å². The lowest BCUT2D eigenvalue weighted by molar-refractivity contribution is -0.141. The minimum atomic E-state index is -0.951. The van der Waals surface area contributed by atoms with Crippen molar-refractivity contribution in [3.8, 4) is 34.1 Å². The Morgan fingerprint density at radius 2 is 0.716 bits per heavy atom. The lowest BCUT2D eigenvalue weighted by Gasteiger charge is -2.38. The van der Waals surface area contributed by atoms with Crippen LogP contribution in [0.15, 0.2) is 194 Å². The molecule has 8 aromatic carbocycles. The smallest absolute Gasteiger partial charge is 0.410 e. The van der Waals surface area contributed by atoms with Crippen molar-refractivity contribution in [2.24, 2.45) is 0 Å². The number of hydrogen-bond acceptors (Lipinski definition) is 8. The van der Waals surface area contributed by atoms with Crippen molar-refractivity contribution in [1.29, 1.82) is 0 Å². The number of rotatable bonds is 10. The van der Waals surface area contributed by atoms with Crippen LogP contribution in [0.25, 0.3) is 22.3 Å². The number of carbonyl (C=O) groups excluding carboxylic acids is 6. The first kappa shape index (κ1) is 55.6. The third-order valence-corrected chi connectivity index (χ3v) is 18.5. The molecule has 0 bridgehead atoms. The molecule has 0 radical (unpaired) electrons. The molecule has 2 fully saturated rings. The van der Waals surface area contributed by atoms with E-state index in [-0.39, 0.29) is 48.7 Å². The van der Waals surface area contributed by atoms with Gasteiger partial charge in [-0.15, -0.1) is 0 Å². The first-order valence-electron chi connectivity index (χ1n) is 30.5. The lowest BCUT2D eigenvalue weighted by Crippen LogP contribution is -2.52. The highest BCUT2D eigenvalue weighted by Gasteiger charge is 2.46. The summed E-state index contributed by atoms with van der Waals surface area (Å²) in [7, 11) is 0. The fourth-order valence-electron chi connectivity index (χ4n) is 14.2. The van der Waals surface area contributed by atoms with Crippen molar-refractivity contribution < 1.29 is 38.2 Å². The van der Waals surface area contributed by atoms with Gasteiger partial charge in [-0.2, -0.15) is 0 Å². The average Bonchev–Trinajstić information content (AvgIpc) is 2.88. The number of nitrogens with one attached hydrogen (secondary N) is 2. The summed E-state index contributed by atoms with van der Waals surface area (Å²) < 4.78 is 12.3.